The molecule has 0 aliphatic heterocycles. The number of aromatic nitrogens is 4. The zero-order valence-corrected chi connectivity index (χ0v) is 14.5. The summed E-state index contributed by atoms with van der Waals surface area (Å²) in [6, 6.07) is 20.6. The summed E-state index contributed by atoms with van der Waals surface area (Å²) in [6.07, 6.45) is 0. The summed E-state index contributed by atoms with van der Waals surface area (Å²) in [5.41, 5.74) is 5.17. The van der Waals surface area contributed by atoms with E-state index in [1.54, 1.807) is 12.1 Å². The summed E-state index contributed by atoms with van der Waals surface area (Å²) in [6.45, 7) is 0. The smallest absolute Gasteiger partial charge is 0.439 e. The van der Waals surface area contributed by atoms with Crippen LogP contribution in [0.5, 0.6) is 5.75 Å². The topological polar surface area (TPSA) is 108 Å². The largest absolute Gasteiger partial charge is 0.508 e. The van der Waals surface area contributed by atoms with Crippen molar-refractivity contribution >= 4 is 11.0 Å². The Balaban J connectivity index is 1.56. The molecule has 0 saturated heterocycles. The number of imidazole rings is 1. The first-order valence-electron chi connectivity index (χ1n) is 8.62. The second-order valence-electron chi connectivity index (χ2n) is 6.39. The summed E-state index contributed by atoms with van der Waals surface area (Å²) < 4.78 is 4.56. The normalized spacial score (nSPS) is 11.1. The van der Waals surface area contributed by atoms with Crippen LogP contribution in [0.1, 0.15) is 0 Å². The Morgan fingerprint density at radius 2 is 1.54 bits per heavy atom. The highest BCUT2D eigenvalue weighted by Gasteiger charge is 2.10. The molecule has 0 saturated carbocycles. The van der Waals surface area contributed by atoms with Gasteiger partial charge in [-0.25, -0.2) is 9.78 Å². The van der Waals surface area contributed by atoms with Gasteiger partial charge in [0, 0.05) is 11.1 Å². The molecule has 7 heteroatoms. The fraction of sp³-hybridized carbons (Fsp3) is 0. The lowest BCUT2D eigenvalue weighted by atomic mass is 10.0. The average molecular weight is 370 g/mol. The van der Waals surface area contributed by atoms with Crippen LogP contribution < -0.4 is 5.76 Å². The van der Waals surface area contributed by atoms with Gasteiger partial charge < -0.3 is 10.1 Å². The fourth-order valence-corrected chi connectivity index (χ4v) is 3.18. The van der Waals surface area contributed by atoms with E-state index in [2.05, 4.69) is 24.6 Å². The van der Waals surface area contributed by atoms with Crippen LogP contribution in [0.25, 0.3) is 44.9 Å². The third kappa shape index (κ3) is 2.84. The van der Waals surface area contributed by atoms with Crippen molar-refractivity contribution < 1.29 is 9.63 Å². The molecule has 0 aliphatic rings. The van der Waals surface area contributed by atoms with E-state index < -0.39 is 5.76 Å². The predicted molar refractivity (Wildman–Crippen MR) is 105 cm³/mol. The number of aromatic hydroxyl groups is 1. The molecule has 5 aromatic rings. The van der Waals surface area contributed by atoms with Crippen LogP contribution in [0, 0.1) is 0 Å². The Bertz CT molecular complexity index is 1360. The van der Waals surface area contributed by atoms with Crippen LogP contribution in [-0.2, 0) is 0 Å². The Morgan fingerprint density at radius 3 is 2.32 bits per heavy atom. The van der Waals surface area contributed by atoms with E-state index in [1.165, 1.54) is 0 Å². The van der Waals surface area contributed by atoms with Crippen molar-refractivity contribution in [3.63, 3.8) is 0 Å². The van der Waals surface area contributed by atoms with Crippen molar-refractivity contribution in [3.8, 4) is 39.7 Å². The number of aromatic amines is 2. The third-order valence-electron chi connectivity index (χ3n) is 4.51. The lowest BCUT2D eigenvalue weighted by Crippen LogP contribution is -1.94. The average Bonchev–Trinajstić information content (AvgIpc) is 3.33. The minimum Gasteiger partial charge on any atom is -0.508 e. The molecule has 3 N–H and O–H groups in total. The van der Waals surface area contributed by atoms with Crippen molar-refractivity contribution in [3.05, 3.63) is 77.3 Å². The number of benzene rings is 3. The van der Waals surface area contributed by atoms with Gasteiger partial charge in [0.05, 0.1) is 11.0 Å². The first-order valence-corrected chi connectivity index (χ1v) is 8.62. The maximum atomic E-state index is 11.2. The van der Waals surface area contributed by atoms with Gasteiger partial charge in [-0.05, 0) is 47.5 Å². The van der Waals surface area contributed by atoms with Crippen LogP contribution >= 0.6 is 0 Å². The highest BCUT2D eigenvalue weighted by Crippen LogP contribution is 2.29. The van der Waals surface area contributed by atoms with Crippen molar-refractivity contribution in [2.24, 2.45) is 0 Å². The molecule has 0 atom stereocenters. The maximum absolute atomic E-state index is 11.2. The van der Waals surface area contributed by atoms with Gasteiger partial charge in [0.15, 0.2) is 5.82 Å². The summed E-state index contributed by atoms with van der Waals surface area (Å²) in [7, 11) is 0. The number of hydrogen-bond acceptors (Lipinski definition) is 5. The van der Waals surface area contributed by atoms with Gasteiger partial charge >= 0.3 is 5.76 Å². The predicted octanol–water partition coefficient (Wildman–Crippen LogP) is 3.95. The second kappa shape index (κ2) is 6.24. The Kier molecular flexibility index (Phi) is 3.58. The number of H-pyrrole nitrogens is 2. The van der Waals surface area contributed by atoms with Crippen molar-refractivity contribution in [2.75, 3.05) is 0 Å². The van der Waals surface area contributed by atoms with Gasteiger partial charge in [0.2, 0.25) is 0 Å². The third-order valence-corrected chi connectivity index (χ3v) is 4.51. The molecule has 5 rings (SSSR count). The minimum absolute atomic E-state index is 0.227. The lowest BCUT2D eigenvalue weighted by Gasteiger charge is -2.04. The zero-order chi connectivity index (χ0) is 19.1. The summed E-state index contributed by atoms with van der Waals surface area (Å²) >= 11 is 0. The van der Waals surface area contributed by atoms with E-state index in [0.717, 1.165) is 39.1 Å². The van der Waals surface area contributed by atoms with E-state index in [4.69, 9.17) is 0 Å². The van der Waals surface area contributed by atoms with Gasteiger partial charge in [0.25, 0.3) is 0 Å². The monoisotopic (exact) mass is 370 g/mol. The zero-order valence-electron chi connectivity index (χ0n) is 14.5. The van der Waals surface area contributed by atoms with E-state index in [1.807, 2.05) is 54.6 Å². The molecule has 2 heterocycles. The molecule has 0 amide bonds. The first kappa shape index (κ1) is 16.1. The van der Waals surface area contributed by atoms with Crippen molar-refractivity contribution in [1.82, 2.24) is 20.1 Å². The maximum Gasteiger partial charge on any atom is 0.439 e. The summed E-state index contributed by atoms with van der Waals surface area (Å²) in [5, 5.41) is 13.4. The number of phenols is 1. The van der Waals surface area contributed by atoms with E-state index >= 15 is 0 Å². The van der Waals surface area contributed by atoms with Crippen LogP contribution in [-0.4, -0.2) is 25.2 Å². The van der Waals surface area contributed by atoms with E-state index in [9.17, 15) is 9.90 Å². The Labute approximate surface area is 158 Å². The standard InChI is InChI=1S/C21H14N4O3/c26-16-6-2-4-13(10-16)12-3-1-5-14(9-12)19-22-17-8-7-15(11-18(17)23-19)20-24-21(27)28-25-20/h1-11,26H,(H,22,23)(H,24,25,27). The first-order chi connectivity index (χ1) is 13.7. The fourth-order valence-electron chi connectivity index (χ4n) is 3.18. The van der Waals surface area contributed by atoms with Gasteiger partial charge in [-0.15, -0.1) is 0 Å². The lowest BCUT2D eigenvalue weighted by molar-refractivity contribution is 0.388. The molecule has 3 aromatic carbocycles. The molecular formula is C21H14N4O3. The molecule has 0 unspecified atom stereocenters. The van der Waals surface area contributed by atoms with Crippen LogP contribution in [0.4, 0.5) is 0 Å². The van der Waals surface area contributed by atoms with E-state index in [0.29, 0.717) is 5.82 Å². The van der Waals surface area contributed by atoms with Crippen molar-refractivity contribution in [2.45, 2.75) is 0 Å². The minimum atomic E-state index is -0.593. The van der Waals surface area contributed by atoms with Crippen LogP contribution in [0.2, 0.25) is 0 Å². The molecule has 28 heavy (non-hydrogen) atoms. The van der Waals surface area contributed by atoms with Gasteiger partial charge in [0.1, 0.15) is 11.6 Å². The summed E-state index contributed by atoms with van der Waals surface area (Å²) in [4.78, 5) is 21.7. The molecular weight excluding hydrogens is 356 g/mol. The molecule has 7 nitrogen and oxygen atoms in total. The van der Waals surface area contributed by atoms with Crippen LogP contribution in [0.3, 0.4) is 0 Å². The van der Waals surface area contributed by atoms with E-state index in [-0.39, 0.29) is 5.75 Å². The summed E-state index contributed by atoms with van der Waals surface area (Å²) in [5.74, 6) is 0.728. The number of hydrogen-bond donors (Lipinski definition) is 3. The van der Waals surface area contributed by atoms with Gasteiger partial charge in [-0.2, -0.15) is 0 Å². The molecule has 136 valence electrons. The highest BCUT2D eigenvalue weighted by atomic mass is 16.5. The SMILES string of the molecule is O=c1[nH]c(-c2ccc3nc(-c4cccc(-c5cccc(O)c5)c4)[nH]c3c2)no1. The highest BCUT2D eigenvalue weighted by molar-refractivity contribution is 5.84. The number of rotatable bonds is 3. The number of nitrogens with zero attached hydrogens (tertiary/aromatic N) is 2. The Morgan fingerprint density at radius 1 is 0.786 bits per heavy atom. The molecule has 0 fully saturated rings. The van der Waals surface area contributed by atoms with Gasteiger partial charge in [-0.3, -0.25) is 9.51 Å². The number of fused-ring (bicyclic) bond motifs is 1. The molecule has 2 aromatic heterocycles. The molecule has 0 radical (unpaired) electrons. The van der Waals surface area contributed by atoms with Gasteiger partial charge in [-0.1, -0.05) is 35.5 Å². The molecule has 0 spiro atoms. The number of phenolic OH excluding ortho intramolecular Hbond substituents is 1. The molecule has 0 aliphatic carbocycles. The molecule has 0 bridgehead atoms. The Hall–Kier alpha value is -4.13. The van der Waals surface area contributed by atoms with Crippen molar-refractivity contribution in [1.29, 1.82) is 0 Å². The second-order valence-corrected chi connectivity index (χ2v) is 6.39. The quantitative estimate of drug-likeness (QED) is 0.446. The number of nitrogens with one attached hydrogen (secondary N) is 2. The van der Waals surface area contributed by atoms with Crippen LogP contribution in [0.15, 0.2) is 76.0 Å².